The van der Waals surface area contributed by atoms with Crippen LogP contribution in [0.15, 0.2) is 16.7 Å². The lowest BCUT2D eigenvalue weighted by molar-refractivity contribution is -0.266. The second kappa shape index (κ2) is 9.64. The van der Waals surface area contributed by atoms with Gasteiger partial charge in [0.15, 0.2) is 11.9 Å². The number of carbonyl (C=O) groups excluding carboxylic acids is 3. The fraction of sp³-hybridized carbons (Fsp3) is 0.800. The van der Waals surface area contributed by atoms with Gasteiger partial charge in [0.05, 0.1) is 29.8 Å². The molecule has 2 spiro atoms. The molecular weight excluding hydrogens is 580 g/mol. The minimum absolute atomic E-state index is 0.00130. The van der Waals surface area contributed by atoms with E-state index in [-0.39, 0.29) is 36.8 Å². The van der Waals surface area contributed by atoms with E-state index in [0.29, 0.717) is 25.7 Å². The number of ether oxygens (including phenoxy) is 4. The molecule has 7 fully saturated rings. The van der Waals surface area contributed by atoms with Crippen molar-refractivity contribution in [2.75, 3.05) is 13.2 Å². The molecule has 8 rings (SSSR count). The van der Waals surface area contributed by atoms with Gasteiger partial charge < -0.3 is 33.6 Å². The summed E-state index contributed by atoms with van der Waals surface area (Å²) in [6.45, 7) is 8.11. The van der Waals surface area contributed by atoms with E-state index in [9.17, 15) is 19.5 Å². The van der Waals surface area contributed by atoms with Crippen molar-refractivity contribution < 1.29 is 48.0 Å². The fourth-order valence-corrected chi connectivity index (χ4v) is 12.3. The quantitative estimate of drug-likeness (QED) is 0.248. The highest BCUT2D eigenvalue weighted by Crippen LogP contribution is 2.82. The second-order valence-corrected chi connectivity index (χ2v) is 16.0. The fourth-order valence-electron chi connectivity index (χ4n) is 12.3. The molecule has 7 aliphatic rings. The molecule has 0 aromatic carbocycles. The number of aliphatic hydroxyl groups excluding tert-OH is 2. The van der Waals surface area contributed by atoms with Gasteiger partial charge in [-0.1, -0.05) is 33.1 Å². The number of hydrogen-bond acceptors (Lipinski definition) is 10. The number of furan rings is 1. The van der Waals surface area contributed by atoms with E-state index in [1.807, 2.05) is 26.8 Å². The molecule has 1 aromatic rings. The summed E-state index contributed by atoms with van der Waals surface area (Å²) in [6, 6.07) is 1.89. The van der Waals surface area contributed by atoms with Gasteiger partial charge in [-0.25, -0.2) is 4.79 Å². The Morgan fingerprint density at radius 2 is 1.69 bits per heavy atom. The topological polar surface area (TPSA) is 145 Å². The number of aryl methyl sites for hydroxylation is 1. The highest BCUT2D eigenvalue weighted by atomic mass is 16.7. The van der Waals surface area contributed by atoms with Crippen molar-refractivity contribution in [1.82, 2.24) is 0 Å². The van der Waals surface area contributed by atoms with Crippen molar-refractivity contribution in [1.29, 1.82) is 0 Å². The Bertz CT molecular complexity index is 1430. The molecule has 2 bridgehead atoms. The van der Waals surface area contributed by atoms with E-state index in [2.05, 4.69) is 6.92 Å². The Hall–Kier alpha value is -2.27. The van der Waals surface area contributed by atoms with Crippen LogP contribution in [0.25, 0.3) is 0 Å². The predicted molar refractivity (Wildman–Crippen MR) is 156 cm³/mol. The van der Waals surface area contributed by atoms with Crippen LogP contribution in [0.3, 0.4) is 0 Å². The summed E-state index contributed by atoms with van der Waals surface area (Å²) in [7, 11) is 0. The van der Waals surface area contributed by atoms with Crippen molar-refractivity contribution in [2.24, 2.45) is 39.9 Å². The molecule has 3 saturated carbocycles. The molecule has 0 unspecified atom stereocenters. The zero-order valence-electron chi connectivity index (χ0n) is 26.7. The average Bonchev–Trinajstić information content (AvgIpc) is 3.56. The maximum Gasteiger partial charge on any atom is 0.339 e. The third kappa shape index (κ3) is 3.47. The Balaban J connectivity index is 1.23. The van der Waals surface area contributed by atoms with E-state index in [4.69, 9.17) is 28.5 Å². The SMILES string of the molecule is CC1(C)O[C@@H]2[C@H]3CC[C@H]4C[C@@]5(C)[C@H](c6ccoc6CCCCCCCO)OC(=O)[C@H]6O[C@@]65[C@]5(C)[C@H](O)C(=O)[C@H]1[C@]2(COC3=O)[C@@H]45. The summed E-state index contributed by atoms with van der Waals surface area (Å²) < 4.78 is 31.5. The minimum atomic E-state index is -1.39. The number of hydrogen-bond donors (Lipinski definition) is 2. The van der Waals surface area contributed by atoms with Crippen molar-refractivity contribution in [2.45, 2.75) is 121 Å². The molecule has 4 aliphatic heterocycles. The Morgan fingerprint density at radius 1 is 0.933 bits per heavy atom. The Kier molecular flexibility index (Phi) is 6.45. The molecule has 4 saturated heterocycles. The van der Waals surface area contributed by atoms with Crippen molar-refractivity contribution in [3.63, 3.8) is 0 Å². The molecule has 2 N–H and O–H groups in total. The molecule has 45 heavy (non-hydrogen) atoms. The first-order valence-corrected chi connectivity index (χ1v) is 17.0. The molecule has 10 heteroatoms. The lowest BCUT2D eigenvalue weighted by Gasteiger charge is -2.68. The third-order valence-electron chi connectivity index (χ3n) is 13.6. The molecule has 3 aliphatic carbocycles. The van der Waals surface area contributed by atoms with E-state index in [1.54, 1.807) is 6.26 Å². The molecule has 10 nitrogen and oxygen atoms in total. The first-order chi connectivity index (χ1) is 21.4. The van der Waals surface area contributed by atoms with E-state index < -0.39 is 69.7 Å². The zero-order valence-corrected chi connectivity index (χ0v) is 26.7. The van der Waals surface area contributed by atoms with Crippen LogP contribution in [0.1, 0.15) is 96.5 Å². The molecule has 1 aromatic heterocycles. The number of cyclic esters (lactones) is 2. The maximum atomic E-state index is 14.6. The summed E-state index contributed by atoms with van der Waals surface area (Å²) >= 11 is 0. The highest BCUT2D eigenvalue weighted by Gasteiger charge is 2.92. The van der Waals surface area contributed by atoms with Crippen LogP contribution in [0.2, 0.25) is 0 Å². The van der Waals surface area contributed by atoms with Gasteiger partial charge in [0.25, 0.3) is 0 Å². The van der Waals surface area contributed by atoms with Crippen LogP contribution in [-0.4, -0.2) is 70.7 Å². The van der Waals surface area contributed by atoms with Crippen LogP contribution in [0.4, 0.5) is 0 Å². The number of esters is 2. The van der Waals surface area contributed by atoms with Gasteiger partial charge in [-0.15, -0.1) is 0 Å². The van der Waals surface area contributed by atoms with Crippen LogP contribution < -0.4 is 0 Å². The number of ketones is 1. The summed E-state index contributed by atoms with van der Waals surface area (Å²) in [6.07, 6.45) is 5.46. The maximum absolute atomic E-state index is 14.6. The van der Waals surface area contributed by atoms with Crippen LogP contribution in [0.5, 0.6) is 0 Å². The highest BCUT2D eigenvalue weighted by molar-refractivity contribution is 5.92. The second-order valence-electron chi connectivity index (χ2n) is 16.0. The predicted octanol–water partition coefficient (Wildman–Crippen LogP) is 3.84. The van der Waals surface area contributed by atoms with Gasteiger partial charge in [0.2, 0.25) is 0 Å². The number of carbonyl (C=O) groups is 3. The lowest BCUT2D eigenvalue weighted by Crippen LogP contribution is -2.77. The number of rotatable bonds is 8. The number of unbranched alkanes of at least 4 members (excludes halogenated alkanes) is 4. The van der Waals surface area contributed by atoms with Crippen LogP contribution >= 0.6 is 0 Å². The molecular formula is C35H46O10. The van der Waals surface area contributed by atoms with E-state index in [0.717, 1.165) is 43.4 Å². The number of epoxide rings is 1. The molecule has 5 heterocycles. The van der Waals surface area contributed by atoms with E-state index >= 15 is 0 Å². The number of aliphatic hydroxyl groups is 2. The minimum Gasteiger partial charge on any atom is -0.469 e. The van der Waals surface area contributed by atoms with Crippen molar-refractivity contribution in [3.05, 3.63) is 23.7 Å². The molecule has 0 radical (unpaired) electrons. The zero-order chi connectivity index (χ0) is 31.7. The standard InChI is InChI=1S/C35H46O10/c1-31(2)24-22(37)25(38)33(4)23-18(11-12-20-27(44-31)34(23,24)17-42-29(20)39)16-32(3)26(43-30(40)28-35(32,33)45-28)19-13-15-41-21(19)10-8-6-5-7-9-14-36/h13,15,18,20,23-28,36,38H,5-12,14,16-17H2,1-4H3/t18-,20+,23-,24+,25+,26-,27+,28+,32-,33-,34-,35-/m0/s1. The summed E-state index contributed by atoms with van der Waals surface area (Å²) in [5, 5.41) is 21.4. The lowest BCUT2D eigenvalue weighted by atomic mass is 9.34. The largest absolute Gasteiger partial charge is 0.469 e. The Labute approximate surface area is 263 Å². The van der Waals surface area contributed by atoms with E-state index in [1.165, 1.54) is 0 Å². The Morgan fingerprint density at radius 3 is 2.47 bits per heavy atom. The summed E-state index contributed by atoms with van der Waals surface area (Å²) in [5.74, 6) is -1.71. The van der Waals surface area contributed by atoms with Gasteiger partial charge >= 0.3 is 11.9 Å². The molecule has 246 valence electrons. The first-order valence-electron chi connectivity index (χ1n) is 17.0. The third-order valence-corrected chi connectivity index (χ3v) is 13.6. The first kappa shape index (κ1) is 30.1. The summed E-state index contributed by atoms with van der Waals surface area (Å²) in [4.78, 5) is 41.6. The van der Waals surface area contributed by atoms with Gasteiger partial charge in [-0.05, 0) is 63.9 Å². The monoisotopic (exact) mass is 626 g/mol. The smallest absolute Gasteiger partial charge is 0.339 e. The van der Waals surface area contributed by atoms with Gasteiger partial charge in [0.1, 0.15) is 30.2 Å². The molecule has 12 atom stereocenters. The van der Waals surface area contributed by atoms with Gasteiger partial charge in [0, 0.05) is 34.8 Å². The average molecular weight is 627 g/mol. The molecule has 0 amide bonds. The normalized spacial score (nSPS) is 48.4. The number of Topliss-reactive ketones (excluding diaryl/α,β-unsaturated/α-hetero) is 1. The van der Waals surface area contributed by atoms with Crippen LogP contribution in [0, 0.1) is 39.9 Å². The van der Waals surface area contributed by atoms with Crippen molar-refractivity contribution >= 4 is 17.7 Å². The summed E-state index contributed by atoms with van der Waals surface area (Å²) in [5.41, 5.74) is -3.99. The van der Waals surface area contributed by atoms with Gasteiger partial charge in [-0.2, -0.15) is 0 Å². The van der Waals surface area contributed by atoms with Gasteiger partial charge in [-0.3, -0.25) is 9.59 Å². The van der Waals surface area contributed by atoms with Crippen molar-refractivity contribution in [3.8, 4) is 0 Å². The van der Waals surface area contributed by atoms with Crippen LogP contribution in [-0.2, 0) is 39.8 Å².